The second-order valence-electron chi connectivity index (χ2n) is 26.7. The number of anilines is 8. The fourth-order valence-corrected chi connectivity index (χ4v) is 12.5. The van der Waals surface area contributed by atoms with Gasteiger partial charge in [0.1, 0.15) is 5.58 Å². The maximum absolute atomic E-state index is 7.30. The van der Waals surface area contributed by atoms with Crippen molar-refractivity contribution >= 4 is 85.2 Å². The van der Waals surface area contributed by atoms with Crippen LogP contribution >= 0.6 is 0 Å². The molecule has 0 saturated heterocycles. The van der Waals surface area contributed by atoms with E-state index in [-0.39, 0.29) is 28.5 Å². The Morgan fingerprint density at radius 3 is 1.49 bits per heavy atom. The van der Waals surface area contributed by atoms with Gasteiger partial charge < -0.3 is 19.0 Å². The molecule has 13 rings (SSSR count). The molecule has 2 aliphatic heterocycles. The fourth-order valence-electron chi connectivity index (χ4n) is 12.5. The minimum absolute atomic E-state index is 0.0102. The van der Waals surface area contributed by atoms with Crippen LogP contribution in [0.1, 0.15) is 105 Å². The first-order valence-electron chi connectivity index (χ1n) is 28.9. The molecule has 0 saturated carbocycles. The van der Waals surface area contributed by atoms with Gasteiger partial charge in [0, 0.05) is 56.0 Å². The Morgan fingerprint density at radius 1 is 0.370 bits per heavy atom. The molecule has 0 N–H and O–H groups in total. The van der Waals surface area contributed by atoms with Crippen molar-refractivity contribution in [2.45, 2.75) is 105 Å². The largest absolute Gasteiger partial charge is 0.454 e. The van der Waals surface area contributed by atoms with E-state index in [1.807, 2.05) is 0 Å². The summed E-state index contributed by atoms with van der Waals surface area (Å²) in [5.74, 6) is 0. The van der Waals surface area contributed by atoms with Crippen molar-refractivity contribution in [2.75, 3.05) is 14.6 Å². The number of nitrogens with zero attached hydrogens (tertiary/aromatic N) is 3. The Kier molecular flexibility index (Phi) is 12.2. The Hall–Kier alpha value is -8.54. The second-order valence-corrected chi connectivity index (χ2v) is 26.7. The predicted molar refractivity (Wildman–Crippen MR) is 348 cm³/mol. The molecule has 81 heavy (non-hydrogen) atoms. The number of fused-ring (bicyclic) bond motifs is 8. The van der Waals surface area contributed by atoms with Crippen LogP contribution in [0.15, 0.2) is 223 Å². The van der Waals surface area contributed by atoms with Gasteiger partial charge in [-0.2, -0.15) is 0 Å². The molecule has 10 aromatic carbocycles. The Bertz CT molecular complexity index is 4130. The van der Waals surface area contributed by atoms with Gasteiger partial charge in [-0.1, -0.05) is 223 Å². The lowest BCUT2D eigenvalue weighted by Crippen LogP contribution is -2.61. The highest BCUT2D eigenvalue weighted by Gasteiger charge is 2.47. The molecule has 2 aliphatic rings. The lowest BCUT2D eigenvalue weighted by molar-refractivity contribution is 0.590. The lowest BCUT2D eigenvalue weighted by atomic mass is 9.43. The van der Waals surface area contributed by atoms with Crippen LogP contribution in [0.25, 0.3) is 55.3 Å². The standard InChI is InChI=1S/C76H72BN3O/c1-73(2,3)52-27-34-56(35-28-52)78(57-36-29-53(30-37-57)74(4,5)6)59-40-41-60-64-45-51(49-21-15-13-16-22-49)46-68-70(64)77(80(67(60)48-59)58-38-31-54(32-39-58)75(7,8)9)65-43-42-62-61-25-19-20-26-69(61)81-72(62)71(65)79(68)66-44-33-55(76(10,11)12)47-63(66)50-23-17-14-18-24-50/h13-48H,1-12H3. The normalized spacial score (nSPS) is 13.4. The number of hydrogen-bond donors (Lipinski definition) is 0. The van der Waals surface area contributed by atoms with Gasteiger partial charge in [-0.05, 0) is 156 Å². The van der Waals surface area contributed by atoms with Crippen LogP contribution in [0.3, 0.4) is 0 Å². The summed E-state index contributed by atoms with van der Waals surface area (Å²) in [6, 6.07) is 82.3. The van der Waals surface area contributed by atoms with Gasteiger partial charge in [-0.25, -0.2) is 0 Å². The average molecular weight is 1050 g/mol. The van der Waals surface area contributed by atoms with Crippen molar-refractivity contribution in [3.63, 3.8) is 0 Å². The molecule has 0 bridgehead atoms. The highest BCUT2D eigenvalue weighted by Crippen LogP contribution is 2.53. The first kappa shape index (κ1) is 51.9. The molecule has 5 heteroatoms. The van der Waals surface area contributed by atoms with E-state index in [0.29, 0.717) is 0 Å². The lowest BCUT2D eigenvalue weighted by Gasteiger charge is -2.46. The molecule has 0 unspecified atom stereocenters. The summed E-state index contributed by atoms with van der Waals surface area (Å²) in [7, 11) is 0. The van der Waals surface area contributed by atoms with E-state index in [1.165, 1.54) is 49.9 Å². The molecule has 11 aromatic rings. The van der Waals surface area contributed by atoms with E-state index in [0.717, 1.165) is 84.1 Å². The molecule has 0 radical (unpaired) electrons. The van der Waals surface area contributed by atoms with Crippen LogP contribution in [-0.2, 0) is 21.7 Å². The zero-order valence-corrected chi connectivity index (χ0v) is 49.1. The van der Waals surface area contributed by atoms with E-state index >= 15 is 0 Å². The molecule has 0 aliphatic carbocycles. The van der Waals surface area contributed by atoms with Gasteiger partial charge >= 0.3 is 6.85 Å². The SMILES string of the molecule is CC(C)(C)c1ccc(N2B3c4ccc5c(oc6ccccc65)c4N(c4ccc(C(C)(C)C)cc4-c4ccccc4)c4cc(-c5ccccc5)cc(c43)-c3ccc(N(c4ccc(C(C)(C)C)cc4)c4ccc(C(C)(C)C)cc4)cc32)cc1. The van der Waals surface area contributed by atoms with E-state index in [9.17, 15) is 0 Å². The first-order valence-corrected chi connectivity index (χ1v) is 28.9. The summed E-state index contributed by atoms with van der Waals surface area (Å²) < 4.78 is 7.30. The summed E-state index contributed by atoms with van der Waals surface area (Å²) in [5, 5.41) is 2.19. The van der Waals surface area contributed by atoms with E-state index in [4.69, 9.17) is 4.42 Å². The van der Waals surface area contributed by atoms with Crippen molar-refractivity contribution in [1.82, 2.24) is 0 Å². The van der Waals surface area contributed by atoms with E-state index in [2.05, 4.69) is 316 Å². The Morgan fingerprint density at radius 2 is 0.901 bits per heavy atom. The maximum Gasteiger partial charge on any atom is 0.333 e. The Balaban J connectivity index is 1.15. The first-order chi connectivity index (χ1) is 38.7. The number of hydrogen-bond acceptors (Lipinski definition) is 4. The van der Waals surface area contributed by atoms with Gasteiger partial charge in [0.15, 0.2) is 5.58 Å². The molecule has 0 atom stereocenters. The van der Waals surface area contributed by atoms with Crippen LogP contribution in [0.4, 0.5) is 45.5 Å². The molecule has 400 valence electrons. The minimum Gasteiger partial charge on any atom is -0.454 e. The number of rotatable bonds is 7. The van der Waals surface area contributed by atoms with Crippen LogP contribution in [0.2, 0.25) is 0 Å². The number of benzene rings is 10. The predicted octanol–water partition coefficient (Wildman–Crippen LogP) is 20.3. The third-order valence-electron chi connectivity index (χ3n) is 17.1. The Labute approximate surface area is 480 Å². The van der Waals surface area contributed by atoms with Gasteiger partial charge in [0.25, 0.3) is 0 Å². The van der Waals surface area contributed by atoms with Crippen molar-refractivity contribution in [3.05, 3.63) is 241 Å². The summed E-state index contributed by atoms with van der Waals surface area (Å²) >= 11 is 0. The second kappa shape index (κ2) is 19.1. The van der Waals surface area contributed by atoms with Gasteiger partial charge in [0.05, 0.1) is 11.4 Å². The molecule has 1 aromatic heterocycles. The average Bonchev–Trinajstić information content (AvgIpc) is 3.98. The van der Waals surface area contributed by atoms with Crippen molar-refractivity contribution in [3.8, 4) is 33.4 Å². The third kappa shape index (κ3) is 9.03. The van der Waals surface area contributed by atoms with Gasteiger partial charge in [0.2, 0.25) is 0 Å². The number of furan rings is 1. The zero-order chi connectivity index (χ0) is 56.3. The molecule has 0 fully saturated rings. The van der Waals surface area contributed by atoms with Crippen LogP contribution in [-0.4, -0.2) is 6.85 Å². The third-order valence-corrected chi connectivity index (χ3v) is 17.1. The minimum atomic E-state index is -0.272. The van der Waals surface area contributed by atoms with Crippen molar-refractivity contribution in [1.29, 1.82) is 0 Å². The number of para-hydroxylation sites is 1. The fraction of sp³-hybridized carbons (Fsp3) is 0.211. The zero-order valence-electron chi connectivity index (χ0n) is 49.1. The summed E-state index contributed by atoms with van der Waals surface area (Å²) in [6.07, 6.45) is 0. The smallest absolute Gasteiger partial charge is 0.333 e. The highest BCUT2D eigenvalue weighted by atomic mass is 16.3. The van der Waals surface area contributed by atoms with E-state index < -0.39 is 0 Å². The van der Waals surface area contributed by atoms with E-state index in [1.54, 1.807) is 0 Å². The molecular formula is C76H72BN3O. The quantitative estimate of drug-likeness (QED) is 0.148. The molecule has 4 nitrogen and oxygen atoms in total. The van der Waals surface area contributed by atoms with Crippen LogP contribution < -0.4 is 25.5 Å². The summed E-state index contributed by atoms with van der Waals surface area (Å²) in [6.45, 7) is 27.3. The molecule has 0 spiro atoms. The maximum atomic E-state index is 7.30. The monoisotopic (exact) mass is 1050 g/mol. The topological polar surface area (TPSA) is 22.9 Å². The van der Waals surface area contributed by atoms with Crippen molar-refractivity contribution < 1.29 is 4.42 Å². The van der Waals surface area contributed by atoms with Crippen LogP contribution in [0.5, 0.6) is 0 Å². The molecule has 0 amide bonds. The van der Waals surface area contributed by atoms with Gasteiger partial charge in [-0.15, -0.1) is 0 Å². The van der Waals surface area contributed by atoms with Gasteiger partial charge in [-0.3, -0.25) is 0 Å². The van der Waals surface area contributed by atoms with Crippen LogP contribution in [0, 0.1) is 0 Å². The highest BCUT2D eigenvalue weighted by molar-refractivity contribution is 6.94. The summed E-state index contributed by atoms with van der Waals surface area (Å²) in [4.78, 5) is 7.66. The molecule has 3 heterocycles. The molecular weight excluding hydrogens is 982 g/mol. The summed E-state index contributed by atoms with van der Waals surface area (Å²) in [5.41, 5.74) is 25.1. The van der Waals surface area contributed by atoms with Crippen molar-refractivity contribution in [2.24, 2.45) is 0 Å².